The minimum atomic E-state index is -1.82. The van der Waals surface area contributed by atoms with Gasteiger partial charge < -0.3 is 34.7 Å². The Morgan fingerprint density at radius 2 is 1.56 bits per heavy atom. The molecule has 3 aliphatic rings. The van der Waals surface area contributed by atoms with Crippen LogP contribution in [0.3, 0.4) is 0 Å². The standard InChI is InChI=1S/C50H46N4O10/c1-61-46(57)37(47(58)62-2)21-11-13-31-22-23-39-38(29-31)50(49(60)53-39)40(45(56)52-26-24-35-19-9-10-25-51-35)42-48(59)64-43(33-16-7-4-8-17-33)41(32-14-5-3-6-15-32)54(42)44(50)34-18-12-20-36(30-34)63-28-27-55/h3-10,12,14-20,22-23,25,29-30,37,40-44,55H,21,24,26-28H2,1-2H3,(H,52,56)(H,53,60)/t40-,41-,42-,43+,44+,50-/m1/s1. The minimum absolute atomic E-state index is 0.000114. The van der Waals surface area contributed by atoms with Crippen molar-refractivity contribution in [3.63, 3.8) is 0 Å². The van der Waals surface area contributed by atoms with E-state index in [0.29, 0.717) is 40.1 Å². The van der Waals surface area contributed by atoms with Crippen LogP contribution in [0.15, 0.2) is 128 Å². The van der Waals surface area contributed by atoms with Crippen molar-refractivity contribution in [3.8, 4) is 17.6 Å². The number of anilines is 1. The Morgan fingerprint density at radius 1 is 0.859 bits per heavy atom. The fourth-order valence-corrected chi connectivity index (χ4v) is 9.38. The normalized spacial score (nSPS) is 22.0. The number of pyridine rings is 1. The van der Waals surface area contributed by atoms with Gasteiger partial charge in [0.05, 0.1) is 38.8 Å². The highest BCUT2D eigenvalue weighted by atomic mass is 16.6. The first-order valence-corrected chi connectivity index (χ1v) is 20.9. The molecule has 2 saturated heterocycles. The third kappa shape index (κ3) is 8.07. The van der Waals surface area contributed by atoms with Gasteiger partial charge in [0.25, 0.3) is 0 Å². The zero-order valence-corrected chi connectivity index (χ0v) is 35.1. The second kappa shape index (κ2) is 19.0. The van der Waals surface area contributed by atoms with E-state index in [1.54, 1.807) is 48.7 Å². The van der Waals surface area contributed by atoms with Gasteiger partial charge in [-0.2, -0.15) is 0 Å². The van der Waals surface area contributed by atoms with Crippen molar-refractivity contribution in [2.24, 2.45) is 11.8 Å². The van der Waals surface area contributed by atoms with Crippen molar-refractivity contribution in [2.75, 3.05) is 39.3 Å². The van der Waals surface area contributed by atoms with Crippen molar-refractivity contribution in [1.29, 1.82) is 0 Å². The number of fused-ring (bicyclic) bond motifs is 3. The Balaban J connectivity index is 1.36. The molecular formula is C50H46N4O10. The number of cyclic esters (lactones) is 1. The van der Waals surface area contributed by atoms with E-state index >= 15 is 14.4 Å². The maximum absolute atomic E-state index is 15.5. The first-order valence-electron chi connectivity index (χ1n) is 20.9. The van der Waals surface area contributed by atoms with E-state index in [4.69, 9.17) is 18.9 Å². The number of methoxy groups -OCH3 is 2. The number of esters is 3. The summed E-state index contributed by atoms with van der Waals surface area (Å²) in [5.41, 5.74) is 2.20. The Kier molecular flexibility index (Phi) is 12.8. The Morgan fingerprint density at radius 3 is 2.25 bits per heavy atom. The highest BCUT2D eigenvalue weighted by Crippen LogP contribution is 2.65. The summed E-state index contributed by atoms with van der Waals surface area (Å²) in [6.45, 7) is -0.0947. The maximum atomic E-state index is 15.5. The molecule has 8 rings (SSSR count). The summed E-state index contributed by atoms with van der Waals surface area (Å²) in [6, 6.07) is 33.6. The number of amides is 2. The number of benzene rings is 4. The molecule has 14 nitrogen and oxygen atoms in total. The molecule has 6 atom stereocenters. The van der Waals surface area contributed by atoms with Crippen LogP contribution in [0.5, 0.6) is 5.75 Å². The molecule has 0 saturated carbocycles. The summed E-state index contributed by atoms with van der Waals surface area (Å²) in [5.74, 6) is 0.312. The average Bonchev–Trinajstić information content (AvgIpc) is 3.81. The van der Waals surface area contributed by atoms with Gasteiger partial charge in [-0.25, -0.2) is 0 Å². The van der Waals surface area contributed by atoms with Crippen LogP contribution in [0.25, 0.3) is 0 Å². The van der Waals surface area contributed by atoms with Crippen LogP contribution in [0.2, 0.25) is 0 Å². The zero-order chi connectivity index (χ0) is 44.8. The fourth-order valence-electron chi connectivity index (χ4n) is 9.38. The summed E-state index contributed by atoms with van der Waals surface area (Å²) >= 11 is 0. The largest absolute Gasteiger partial charge is 0.491 e. The molecule has 3 aliphatic heterocycles. The minimum Gasteiger partial charge on any atom is -0.491 e. The molecular weight excluding hydrogens is 817 g/mol. The highest BCUT2D eigenvalue weighted by Gasteiger charge is 2.74. The number of rotatable bonds is 13. The van der Waals surface area contributed by atoms with Gasteiger partial charge in [-0.3, -0.25) is 33.9 Å². The van der Waals surface area contributed by atoms with E-state index in [2.05, 4.69) is 27.5 Å². The number of nitrogens with zero attached hydrogens (tertiary/aromatic N) is 2. The lowest BCUT2D eigenvalue weighted by atomic mass is 9.65. The van der Waals surface area contributed by atoms with E-state index in [-0.39, 0.29) is 26.2 Å². The quantitative estimate of drug-likeness (QED) is 0.0639. The SMILES string of the molecule is COC(=O)C(CC#Cc1ccc2c(c1)[C@]1(C(=O)N2)[C@H](c2cccc(OCCO)c2)N2[C@H](c3ccccc3)[C@H](c3ccccc3)OC(=O)[C@H]2[C@@H]1C(=O)NCCc1ccccn1)C(=O)OC. The smallest absolute Gasteiger partial charge is 0.324 e. The van der Waals surface area contributed by atoms with Crippen LogP contribution in [0, 0.1) is 23.7 Å². The van der Waals surface area contributed by atoms with Gasteiger partial charge in [-0.1, -0.05) is 90.7 Å². The maximum Gasteiger partial charge on any atom is 0.324 e. The van der Waals surface area contributed by atoms with Gasteiger partial charge in [-0.05, 0) is 64.7 Å². The summed E-state index contributed by atoms with van der Waals surface area (Å²) in [7, 11) is 2.34. The summed E-state index contributed by atoms with van der Waals surface area (Å²) in [4.78, 5) is 77.2. The van der Waals surface area contributed by atoms with Gasteiger partial charge in [0.2, 0.25) is 11.8 Å². The van der Waals surface area contributed by atoms with Gasteiger partial charge >= 0.3 is 17.9 Å². The number of carbonyl (C=O) groups excluding carboxylic acids is 5. The number of aromatic nitrogens is 1. The van der Waals surface area contributed by atoms with E-state index < -0.39 is 71.2 Å². The van der Waals surface area contributed by atoms with E-state index in [9.17, 15) is 14.7 Å². The first kappa shape index (κ1) is 43.3. The van der Waals surface area contributed by atoms with Crippen molar-refractivity contribution in [1.82, 2.24) is 15.2 Å². The van der Waals surface area contributed by atoms with E-state index in [1.165, 1.54) is 14.2 Å². The number of morpholine rings is 1. The number of hydrogen-bond donors (Lipinski definition) is 3. The van der Waals surface area contributed by atoms with Gasteiger partial charge in [0, 0.05) is 42.5 Å². The molecule has 1 spiro atoms. The number of aliphatic hydroxyl groups excluding tert-OH is 1. The number of aliphatic hydroxyl groups is 1. The van der Waals surface area contributed by atoms with E-state index in [0.717, 1.165) is 11.3 Å². The van der Waals surface area contributed by atoms with Crippen molar-refractivity contribution in [2.45, 2.75) is 42.5 Å². The third-order valence-corrected chi connectivity index (χ3v) is 12.0. The van der Waals surface area contributed by atoms with Crippen LogP contribution in [-0.4, -0.2) is 84.7 Å². The van der Waals surface area contributed by atoms with Crippen molar-refractivity contribution in [3.05, 3.63) is 161 Å². The monoisotopic (exact) mass is 862 g/mol. The molecule has 4 aromatic carbocycles. The molecule has 1 aromatic heterocycles. The van der Waals surface area contributed by atoms with Crippen molar-refractivity contribution >= 4 is 35.4 Å². The predicted octanol–water partition coefficient (Wildman–Crippen LogP) is 4.79. The molecule has 3 N–H and O–H groups in total. The molecule has 64 heavy (non-hydrogen) atoms. The van der Waals surface area contributed by atoms with Gasteiger partial charge in [0.1, 0.15) is 29.9 Å². The molecule has 14 heteroatoms. The molecule has 2 fully saturated rings. The molecule has 0 unspecified atom stereocenters. The molecule has 2 amide bonds. The fraction of sp³-hybridized carbons (Fsp3) is 0.280. The van der Waals surface area contributed by atoms with E-state index in [1.807, 2.05) is 83.8 Å². The molecule has 0 radical (unpaired) electrons. The van der Waals surface area contributed by atoms with Crippen LogP contribution >= 0.6 is 0 Å². The topological polar surface area (TPSA) is 183 Å². The number of hydrogen-bond acceptors (Lipinski definition) is 12. The lowest BCUT2D eigenvalue weighted by molar-refractivity contribution is -0.178. The zero-order valence-electron chi connectivity index (χ0n) is 35.1. The molecule has 0 aliphatic carbocycles. The number of carbonyl (C=O) groups is 5. The lowest BCUT2D eigenvalue weighted by Crippen LogP contribution is -2.55. The number of nitrogens with one attached hydrogen (secondary N) is 2. The first-order chi connectivity index (χ1) is 31.2. The lowest BCUT2D eigenvalue weighted by Gasteiger charge is -2.46. The highest BCUT2D eigenvalue weighted by molar-refractivity contribution is 6.12. The molecule has 4 heterocycles. The second-order valence-corrected chi connectivity index (χ2v) is 15.6. The van der Waals surface area contributed by atoms with Gasteiger partial charge in [0.15, 0.2) is 5.92 Å². The summed E-state index contributed by atoms with van der Waals surface area (Å²) < 4.78 is 22.1. The summed E-state index contributed by atoms with van der Waals surface area (Å²) in [5, 5.41) is 15.8. The van der Waals surface area contributed by atoms with Crippen molar-refractivity contribution < 1.29 is 48.0 Å². The van der Waals surface area contributed by atoms with Crippen LogP contribution < -0.4 is 15.4 Å². The molecule has 5 aromatic rings. The Labute approximate surface area is 369 Å². The third-order valence-electron chi connectivity index (χ3n) is 12.0. The Bertz CT molecular complexity index is 2580. The van der Waals surface area contributed by atoms with Gasteiger partial charge in [-0.15, -0.1) is 0 Å². The predicted molar refractivity (Wildman–Crippen MR) is 232 cm³/mol. The summed E-state index contributed by atoms with van der Waals surface area (Å²) in [6.07, 6.45) is 0.956. The molecule has 0 bridgehead atoms. The van der Waals surface area contributed by atoms with Crippen LogP contribution in [0.1, 0.15) is 58.1 Å². The Hall–Kier alpha value is -7.34. The van der Waals surface area contributed by atoms with Crippen LogP contribution in [0.4, 0.5) is 5.69 Å². The number of ether oxygens (including phenoxy) is 4. The average molecular weight is 863 g/mol. The van der Waals surface area contributed by atoms with Crippen LogP contribution in [-0.2, 0) is 50.0 Å². The molecule has 326 valence electrons. The second-order valence-electron chi connectivity index (χ2n) is 15.6.